The summed E-state index contributed by atoms with van der Waals surface area (Å²) in [7, 11) is 0. The molecule has 0 bridgehead atoms. The molecular formula is C20H16BrN3O. The first-order chi connectivity index (χ1) is 12.2. The minimum absolute atomic E-state index is 0.0713. The van der Waals surface area contributed by atoms with Crippen LogP contribution in [0.2, 0.25) is 0 Å². The predicted octanol–water partition coefficient (Wildman–Crippen LogP) is 4.45. The Morgan fingerprint density at radius 3 is 2.84 bits per heavy atom. The molecule has 0 spiro atoms. The lowest BCUT2D eigenvalue weighted by Gasteiger charge is -2.06. The maximum atomic E-state index is 12.4. The van der Waals surface area contributed by atoms with E-state index in [2.05, 4.69) is 31.2 Å². The third-order valence-electron chi connectivity index (χ3n) is 4.18. The van der Waals surface area contributed by atoms with Crippen LogP contribution in [-0.2, 0) is 6.42 Å². The van der Waals surface area contributed by atoms with E-state index in [1.807, 2.05) is 60.7 Å². The Hall–Kier alpha value is -2.66. The monoisotopic (exact) mass is 393 g/mol. The van der Waals surface area contributed by atoms with Crippen molar-refractivity contribution in [3.63, 3.8) is 0 Å². The summed E-state index contributed by atoms with van der Waals surface area (Å²) in [5.41, 5.74) is 2.63. The molecular weight excluding hydrogens is 378 g/mol. The second-order valence-corrected chi connectivity index (χ2v) is 6.74. The molecule has 4 rings (SSSR count). The molecule has 4 aromatic rings. The van der Waals surface area contributed by atoms with E-state index < -0.39 is 0 Å². The Bertz CT molecular complexity index is 1040. The third kappa shape index (κ3) is 3.28. The van der Waals surface area contributed by atoms with Gasteiger partial charge in [-0.3, -0.25) is 4.79 Å². The van der Waals surface area contributed by atoms with Gasteiger partial charge in [0, 0.05) is 23.0 Å². The Morgan fingerprint density at radius 1 is 1.08 bits per heavy atom. The minimum Gasteiger partial charge on any atom is -0.352 e. The zero-order valence-corrected chi connectivity index (χ0v) is 15.0. The van der Waals surface area contributed by atoms with Crippen LogP contribution < -0.4 is 5.32 Å². The van der Waals surface area contributed by atoms with E-state index in [1.165, 1.54) is 0 Å². The number of rotatable bonds is 4. The zero-order valence-electron chi connectivity index (χ0n) is 13.4. The van der Waals surface area contributed by atoms with Gasteiger partial charge >= 0.3 is 0 Å². The lowest BCUT2D eigenvalue weighted by Crippen LogP contribution is -2.25. The number of aromatic amines is 1. The van der Waals surface area contributed by atoms with E-state index >= 15 is 0 Å². The highest BCUT2D eigenvalue weighted by Crippen LogP contribution is 2.24. The van der Waals surface area contributed by atoms with Crippen LogP contribution in [0.15, 0.2) is 65.1 Å². The van der Waals surface area contributed by atoms with Crippen LogP contribution in [0.25, 0.3) is 21.8 Å². The van der Waals surface area contributed by atoms with Gasteiger partial charge in [0.25, 0.3) is 5.91 Å². The summed E-state index contributed by atoms with van der Waals surface area (Å²) >= 11 is 3.53. The molecule has 3 aromatic carbocycles. The Balaban J connectivity index is 1.43. The number of amides is 1. The van der Waals surface area contributed by atoms with Crippen LogP contribution in [0.1, 0.15) is 16.2 Å². The van der Waals surface area contributed by atoms with Gasteiger partial charge in [-0.2, -0.15) is 0 Å². The molecule has 0 radical (unpaired) electrons. The van der Waals surface area contributed by atoms with Gasteiger partial charge in [0.05, 0.1) is 11.0 Å². The number of aromatic nitrogens is 2. The van der Waals surface area contributed by atoms with Crippen molar-refractivity contribution < 1.29 is 4.79 Å². The number of hydrogen-bond donors (Lipinski definition) is 2. The SMILES string of the molecule is O=C(NCCc1nc2ccccc2[nH]1)c1ccc2c(Br)cccc2c1. The van der Waals surface area contributed by atoms with Crippen LogP contribution >= 0.6 is 15.9 Å². The lowest BCUT2D eigenvalue weighted by atomic mass is 10.1. The molecule has 1 amide bonds. The second-order valence-electron chi connectivity index (χ2n) is 5.88. The van der Waals surface area contributed by atoms with Crippen molar-refractivity contribution in [2.75, 3.05) is 6.54 Å². The average Bonchev–Trinajstić information content (AvgIpc) is 3.04. The molecule has 0 aliphatic rings. The number of para-hydroxylation sites is 2. The summed E-state index contributed by atoms with van der Waals surface area (Å²) in [6.07, 6.45) is 0.666. The molecule has 0 aliphatic heterocycles. The van der Waals surface area contributed by atoms with E-state index in [-0.39, 0.29) is 5.91 Å². The summed E-state index contributed by atoms with van der Waals surface area (Å²) in [4.78, 5) is 20.2. The molecule has 4 nitrogen and oxygen atoms in total. The van der Waals surface area contributed by atoms with Crippen LogP contribution in [0.4, 0.5) is 0 Å². The molecule has 25 heavy (non-hydrogen) atoms. The molecule has 0 aliphatic carbocycles. The topological polar surface area (TPSA) is 57.8 Å². The van der Waals surface area contributed by atoms with E-state index in [0.29, 0.717) is 18.5 Å². The number of benzene rings is 3. The summed E-state index contributed by atoms with van der Waals surface area (Å²) in [5, 5.41) is 5.10. The highest BCUT2D eigenvalue weighted by Gasteiger charge is 2.08. The Kier molecular flexibility index (Phi) is 4.24. The van der Waals surface area contributed by atoms with Crippen molar-refractivity contribution in [1.82, 2.24) is 15.3 Å². The number of H-pyrrole nitrogens is 1. The zero-order chi connectivity index (χ0) is 17.2. The summed E-state index contributed by atoms with van der Waals surface area (Å²) in [5.74, 6) is 0.807. The first-order valence-corrected chi connectivity index (χ1v) is 8.90. The van der Waals surface area contributed by atoms with Gasteiger partial charge in [-0.05, 0) is 41.1 Å². The molecule has 124 valence electrons. The van der Waals surface area contributed by atoms with E-state index in [0.717, 1.165) is 32.1 Å². The number of carbonyl (C=O) groups excluding carboxylic acids is 1. The summed E-state index contributed by atoms with van der Waals surface area (Å²) in [6.45, 7) is 0.537. The fraction of sp³-hybridized carbons (Fsp3) is 0.100. The first kappa shape index (κ1) is 15.8. The third-order valence-corrected chi connectivity index (χ3v) is 4.87. The molecule has 1 heterocycles. The van der Waals surface area contributed by atoms with Crippen molar-refractivity contribution in [3.05, 3.63) is 76.5 Å². The number of nitrogens with one attached hydrogen (secondary N) is 2. The molecule has 0 saturated heterocycles. The average molecular weight is 394 g/mol. The quantitative estimate of drug-likeness (QED) is 0.537. The molecule has 0 atom stereocenters. The van der Waals surface area contributed by atoms with E-state index in [4.69, 9.17) is 0 Å². The largest absolute Gasteiger partial charge is 0.352 e. The molecule has 1 aromatic heterocycles. The van der Waals surface area contributed by atoms with Gasteiger partial charge in [-0.1, -0.05) is 46.3 Å². The van der Waals surface area contributed by atoms with Crippen molar-refractivity contribution in [3.8, 4) is 0 Å². The number of fused-ring (bicyclic) bond motifs is 2. The number of carbonyl (C=O) groups is 1. The van der Waals surface area contributed by atoms with Gasteiger partial charge in [0.2, 0.25) is 0 Å². The summed E-state index contributed by atoms with van der Waals surface area (Å²) < 4.78 is 1.03. The van der Waals surface area contributed by atoms with Crippen LogP contribution in [0.3, 0.4) is 0 Å². The number of halogens is 1. The molecule has 0 saturated carbocycles. The predicted molar refractivity (Wildman–Crippen MR) is 104 cm³/mol. The molecule has 5 heteroatoms. The maximum Gasteiger partial charge on any atom is 0.251 e. The Labute approximate surface area is 153 Å². The van der Waals surface area contributed by atoms with Gasteiger partial charge in [-0.25, -0.2) is 4.98 Å². The fourth-order valence-electron chi connectivity index (χ4n) is 2.91. The smallest absolute Gasteiger partial charge is 0.251 e. The molecule has 2 N–H and O–H groups in total. The van der Waals surface area contributed by atoms with Crippen LogP contribution in [-0.4, -0.2) is 22.4 Å². The second kappa shape index (κ2) is 6.69. The standard InChI is InChI=1S/C20H16BrN3O/c21-16-5-3-4-13-12-14(8-9-15(13)16)20(25)22-11-10-19-23-17-6-1-2-7-18(17)24-19/h1-9,12H,10-11H2,(H,22,25)(H,23,24). The fourth-order valence-corrected chi connectivity index (χ4v) is 3.42. The highest BCUT2D eigenvalue weighted by atomic mass is 79.9. The van der Waals surface area contributed by atoms with Crippen LogP contribution in [0, 0.1) is 0 Å². The van der Waals surface area contributed by atoms with Gasteiger partial charge in [-0.15, -0.1) is 0 Å². The summed E-state index contributed by atoms with van der Waals surface area (Å²) in [6, 6.07) is 19.6. The van der Waals surface area contributed by atoms with Crippen molar-refractivity contribution >= 4 is 43.6 Å². The van der Waals surface area contributed by atoms with E-state index in [9.17, 15) is 4.79 Å². The highest BCUT2D eigenvalue weighted by molar-refractivity contribution is 9.10. The van der Waals surface area contributed by atoms with Gasteiger partial charge in [0.1, 0.15) is 5.82 Å². The van der Waals surface area contributed by atoms with Crippen molar-refractivity contribution in [1.29, 1.82) is 0 Å². The Morgan fingerprint density at radius 2 is 1.96 bits per heavy atom. The van der Waals surface area contributed by atoms with Crippen molar-refractivity contribution in [2.24, 2.45) is 0 Å². The lowest BCUT2D eigenvalue weighted by molar-refractivity contribution is 0.0954. The minimum atomic E-state index is -0.0713. The first-order valence-electron chi connectivity index (χ1n) is 8.11. The number of nitrogens with zero attached hydrogens (tertiary/aromatic N) is 1. The van der Waals surface area contributed by atoms with Gasteiger partial charge in [0.15, 0.2) is 0 Å². The maximum absolute atomic E-state index is 12.4. The van der Waals surface area contributed by atoms with Crippen LogP contribution in [0.5, 0.6) is 0 Å². The molecule has 0 unspecified atom stereocenters. The van der Waals surface area contributed by atoms with Gasteiger partial charge < -0.3 is 10.3 Å². The number of hydrogen-bond acceptors (Lipinski definition) is 2. The van der Waals surface area contributed by atoms with E-state index in [1.54, 1.807) is 0 Å². The molecule has 0 fully saturated rings. The number of imidazole rings is 1. The normalized spacial score (nSPS) is 11.1. The van der Waals surface area contributed by atoms with Crippen molar-refractivity contribution in [2.45, 2.75) is 6.42 Å².